The molecule has 3 nitrogen and oxygen atoms in total. The van der Waals surface area contributed by atoms with E-state index in [1.807, 2.05) is 17.9 Å². The number of amides is 1. The normalized spacial score (nSPS) is 17.9. The van der Waals surface area contributed by atoms with Gasteiger partial charge in [-0.25, -0.2) is 4.39 Å². The van der Waals surface area contributed by atoms with Crippen LogP contribution in [0.4, 0.5) is 4.39 Å². The highest BCUT2D eigenvalue weighted by Gasteiger charge is 2.22. The number of hydrogen-bond donors (Lipinski definition) is 1. The van der Waals surface area contributed by atoms with E-state index in [0.717, 1.165) is 32.6 Å². The Kier molecular flexibility index (Phi) is 4.91. The summed E-state index contributed by atoms with van der Waals surface area (Å²) >= 11 is 0. The largest absolute Gasteiger partial charge is 0.341 e. The Labute approximate surface area is 113 Å². The third-order valence-electron chi connectivity index (χ3n) is 3.56. The van der Waals surface area contributed by atoms with Gasteiger partial charge in [0, 0.05) is 25.6 Å². The van der Waals surface area contributed by atoms with E-state index >= 15 is 0 Å². The molecule has 1 heterocycles. The quantitative estimate of drug-likeness (QED) is 0.903. The van der Waals surface area contributed by atoms with Crippen molar-refractivity contribution in [3.05, 3.63) is 35.6 Å². The third-order valence-corrected chi connectivity index (χ3v) is 3.56. The van der Waals surface area contributed by atoms with E-state index in [1.165, 1.54) is 6.07 Å². The van der Waals surface area contributed by atoms with Crippen molar-refractivity contribution in [3.8, 4) is 0 Å². The van der Waals surface area contributed by atoms with E-state index in [9.17, 15) is 9.18 Å². The van der Waals surface area contributed by atoms with E-state index in [2.05, 4.69) is 5.32 Å². The summed E-state index contributed by atoms with van der Waals surface area (Å²) < 4.78 is 13.6. The van der Waals surface area contributed by atoms with Crippen LogP contribution in [0.5, 0.6) is 0 Å². The maximum atomic E-state index is 13.6. The molecule has 0 aliphatic carbocycles. The van der Waals surface area contributed by atoms with E-state index < -0.39 is 0 Å². The molecule has 0 bridgehead atoms. The summed E-state index contributed by atoms with van der Waals surface area (Å²) in [4.78, 5) is 14.2. The number of nitrogens with zero attached hydrogens (tertiary/aromatic N) is 1. The molecule has 1 aromatic carbocycles. The van der Waals surface area contributed by atoms with Gasteiger partial charge in [-0.2, -0.15) is 0 Å². The maximum Gasteiger partial charge on any atom is 0.225 e. The van der Waals surface area contributed by atoms with Crippen LogP contribution in [0, 0.1) is 11.7 Å². The molecular weight excluding hydrogens is 243 g/mol. The summed E-state index contributed by atoms with van der Waals surface area (Å²) in [7, 11) is 0. The molecule has 2 rings (SSSR count). The fourth-order valence-corrected chi connectivity index (χ4v) is 2.46. The second-order valence-electron chi connectivity index (χ2n) is 5.13. The van der Waals surface area contributed by atoms with Crippen molar-refractivity contribution >= 4 is 5.91 Å². The van der Waals surface area contributed by atoms with Crippen LogP contribution in [0.2, 0.25) is 0 Å². The van der Waals surface area contributed by atoms with Gasteiger partial charge < -0.3 is 10.2 Å². The first kappa shape index (κ1) is 14.0. The monoisotopic (exact) mass is 264 g/mol. The Morgan fingerprint density at radius 3 is 2.95 bits per heavy atom. The van der Waals surface area contributed by atoms with Crippen LogP contribution in [0.25, 0.3) is 0 Å². The van der Waals surface area contributed by atoms with E-state index in [0.29, 0.717) is 12.0 Å². The molecule has 0 spiro atoms. The summed E-state index contributed by atoms with van der Waals surface area (Å²) in [6, 6.07) is 6.68. The van der Waals surface area contributed by atoms with Gasteiger partial charge in [0.1, 0.15) is 5.82 Å². The van der Waals surface area contributed by atoms with Crippen molar-refractivity contribution < 1.29 is 9.18 Å². The van der Waals surface area contributed by atoms with E-state index in [1.54, 1.807) is 12.1 Å². The van der Waals surface area contributed by atoms with Crippen molar-refractivity contribution in [2.24, 2.45) is 5.92 Å². The van der Waals surface area contributed by atoms with Crippen LogP contribution in [-0.4, -0.2) is 37.0 Å². The van der Waals surface area contributed by atoms with Crippen molar-refractivity contribution in [2.75, 3.05) is 26.2 Å². The smallest absolute Gasteiger partial charge is 0.225 e. The Bertz CT molecular complexity index is 428. The zero-order valence-electron chi connectivity index (χ0n) is 11.4. The van der Waals surface area contributed by atoms with Gasteiger partial charge in [-0.15, -0.1) is 0 Å². The number of carbonyl (C=O) groups excluding carboxylic acids is 1. The highest BCUT2D eigenvalue weighted by molar-refractivity contribution is 5.78. The van der Waals surface area contributed by atoms with Crippen LogP contribution in [0.1, 0.15) is 18.9 Å². The molecule has 4 heteroatoms. The average Bonchev–Trinajstić information content (AvgIpc) is 2.69. The molecule has 1 fully saturated rings. The molecule has 104 valence electrons. The molecule has 1 atom stereocenters. The van der Waals surface area contributed by atoms with Gasteiger partial charge >= 0.3 is 0 Å². The van der Waals surface area contributed by atoms with Gasteiger partial charge in [0.2, 0.25) is 5.91 Å². The minimum Gasteiger partial charge on any atom is -0.341 e. The summed E-state index contributed by atoms with van der Waals surface area (Å²) in [6.07, 6.45) is 1.45. The molecule has 1 amide bonds. The van der Waals surface area contributed by atoms with Gasteiger partial charge in [-0.1, -0.05) is 25.1 Å². The fraction of sp³-hybridized carbons (Fsp3) is 0.533. The topological polar surface area (TPSA) is 32.3 Å². The summed E-state index contributed by atoms with van der Waals surface area (Å²) in [5, 5.41) is 3.28. The zero-order chi connectivity index (χ0) is 13.7. The highest BCUT2D eigenvalue weighted by Crippen LogP contribution is 2.15. The molecule has 0 saturated carbocycles. The lowest BCUT2D eigenvalue weighted by atomic mass is 9.99. The predicted octanol–water partition coefficient (Wildman–Crippen LogP) is 1.83. The Morgan fingerprint density at radius 1 is 1.37 bits per heavy atom. The third kappa shape index (κ3) is 3.77. The van der Waals surface area contributed by atoms with Crippen LogP contribution >= 0.6 is 0 Å². The second-order valence-corrected chi connectivity index (χ2v) is 5.13. The van der Waals surface area contributed by atoms with E-state index in [-0.39, 0.29) is 17.6 Å². The highest BCUT2D eigenvalue weighted by atomic mass is 19.1. The number of hydrogen-bond acceptors (Lipinski definition) is 2. The molecule has 1 unspecified atom stereocenters. The number of rotatable bonds is 3. The molecular formula is C15H21FN2O. The van der Waals surface area contributed by atoms with E-state index in [4.69, 9.17) is 0 Å². The first-order valence-electron chi connectivity index (χ1n) is 6.91. The number of nitrogens with one attached hydrogen (secondary N) is 1. The SMILES string of the molecule is CC(Cc1ccccc1F)C(=O)N1CCCNCC1. The average molecular weight is 264 g/mol. The van der Waals surface area contributed by atoms with Crippen molar-refractivity contribution in [2.45, 2.75) is 19.8 Å². The van der Waals surface area contributed by atoms with Crippen molar-refractivity contribution in [1.82, 2.24) is 10.2 Å². The van der Waals surface area contributed by atoms with Gasteiger partial charge in [0.25, 0.3) is 0 Å². The maximum absolute atomic E-state index is 13.6. The van der Waals surface area contributed by atoms with Gasteiger partial charge in [0.05, 0.1) is 0 Å². The first-order chi connectivity index (χ1) is 9.18. The standard InChI is InChI=1S/C15H21FN2O/c1-12(11-13-5-2-3-6-14(13)16)15(19)18-9-4-7-17-8-10-18/h2-3,5-6,12,17H,4,7-11H2,1H3. The predicted molar refractivity (Wildman–Crippen MR) is 73.3 cm³/mol. The van der Waals surface area contributed by atoms with Crippen LogP contribution in [0.3, 0.4) is 0 Å². The lowest BCUT2D eigenvalue weighted by Crippen LogP contribution is -2.38. The summed E-state index contributed by atoms with van der Waals surface area (Å²) in [6.45, 7) is 5.24. The zero-order valence-corrected chi connectivity index (χ0v) is 11.4. The summed E-state index contributed by atoms with van der Waals surface area (Å²) in [5.74, 6) is -0.262. The van der Waals surface area contributed by atoms with Crippen molar-refractivity contribution in [3.63, 3.8) is 0 Å². The lowest BCUT2D eigenvalue weighted by molar-refractivity contribution is -0.134. The lowest BCUT2D eigenvalue weighted by Gasteiger charge is -2.24. The molecule has 1 N–H and O–H groups in total. The van der Waals surface area contributed by atoms with Crippen LogP contribution in [0.15, 0.2) is 24.3 Å². The number of benzene rings is 1. The van der Waals surface area contributed by atoms with Crippen molar-refractivity contribution in [1.29, 1.82) is 0 Å². The van der Waals surface area contributed by atoms with Crippen LogP contribution in [-0.2, 0) is 11.2 Å². The number of halogens is 1. The summed E-state index contributed by atoms with van der Waals surface area (Å²) in [5.41, 5.74) is 0.622. The van der Waals surface area contributed by atoms with Gasteiger partial charge in [0.15, 0.2) is 0 Å². The molecule has 0 radical (unpaired) electrons. The Morgan fingerprint density at radius 2 is 2.16 bits per heavy atom. The van der Waals surface area contributed by atoms with Gasteiger partial charge in [-0.3, -0.25) is 4.79 Å². The Balaban J connectivity index is 1.97. The molecule has 1 aliphatic rings. The molecule has 0 aromatic heterocycles. The molecule has 1 saturated heterocycles. The minimum atomic E-state index is -0.223. The number of carbonyl (C=O) groups is 1. The Hall–Kier alpha value is -1.42. The molecule has 1 aliphatic heterocycles. The van der Waals surface area contributed by atoms with Crippen LogP contribution < -0.4 is 5.32 Å². The molecule has 19 heavy (non-hydrogen) atoms. The first-order valence-corrected chi connectivity index (χ1v) is 6.91. The van der Waals surface area contributed by atoms with Gasteiger partial charge in [-0.05, 0) is 31.0 Å². The fourth-order valence-electron chi connectivity index (χ4n) is 2.46. The second kappa shape index (κ2) is 6.66. The molecule has 1 aromatic rings. The minimum absolute atomic E-state index is 0.131.